The van der Waals surface area contributed by atoms with Gasteiger partial charge in [0.05, 0.1) is 5.51 Å². The molecule has 0 aliphatic rings. The maximum Gasteiger partial charge on any atom is 0.334 e. The van der Waals surface area contributed by atoms with Crippen LogP contribution in [0, 0.1) is 10.1 Å². The number of hydrogen-bond donors (Lipinski definition) is 0. The number of rotatable bonds is 2. The van der Waals surface area contributed by atoms with Crippen molar-refractivity contribution in [3.05, 3.63) is 63.1 Å². The molecule has 1 aromatic carbocycles. The fourth-order valence-corrected chi connectivity index (χ4v) is 1.22. The van der Waals surface area contributed by atoms with Gasteiger partial charge in [-0.05, 0) is 12.1 Å². The Morgan fingerprint density at radius 3 is 2.47 bits per heavy atom. The molecule has 0 N–H and O–H groups in total. The summed E-state index contributed by atoms with van der Waals surface area (Å²) in [4.78, 5) is 28.0. The van der Waals surface area contributed by atoms with Crippen LogP contribution in [-0.2, 0) is 4.84 Å². The number of aromatic nitrogens is 1. The predicted molar refractivity (Wildman–Crippen MR) is 61.0 cm³/mol. The van der Waals surface area contributed by atoms with Crippen molar-refractivity contribution in [2.45, 2.75) is 0 Å². The van der Waals surface area contributed by atoms with Crippen molar-refractivity contribution in [2.75, 3.05) is 0 Å². The lowest BCUT2D eigenvalue weighted by atomic mass is 10.2. The summed E-state index contributed by atoms with van der Waals surface area (Å²) in [7, 11) is 0. The Morgan fingerprint density at radius 1 is 1.35 bits per heavy atom. The average Bonchev–Trinajstić information content (AvgIpc) is 2.88. The molecular formula is C10H8N2O4S. The molecule has 2 aromatic rings. The minimum atomic E-state index is -1.13. The van der Waals surface area contributed by atoms with Crippen molar-refractivity contribution in [1.29, 1.82) is 0 Å². The third kappa shape index (κ3) is 5.38. The third-order valence-corrected chi connectivity index (χ3v) is 2.04. The minimum absolute atomic E-state index is 0.161. The third-order valence-electron chi connectivity index (χ3n) is 1.51. The highest BCUT2D eigenvalue weighted by Crippen LogP contribution is 2.00. The Kier molecular flexibility index (Phi) is 5.32. The van der Waals surface area contributed by atoms with Crippen molar-refractivity contribution in [3.8, 4) is 0 Å². The van der Waals surface area contributed by atoms with E-state index in [1.165, 1.54) is 12.1 Å². The van der Waals surface area contributed by atoms with Crippen molar-refractivity contribution in [2.24, 2.45) is 0 Å². The van der Waals surface area contributed by atoms with Crippen LogP contribution in [0.15, 0.2) is 47.4 Å². The van der Waals surface area contributed by atoms with E-state index in [0.29, 0.717) is 0 Å². The standard InChI is InChI=1S/C7H5NO4.C3H3NS/c9-7(12-8(10)11)6-4-2-1-3-5-6;1-2-5-3-4-1/h1-5H;1-3H. The molecule has 1 aromatic heterocycles. The fourth-order valence-electron chi connectivity index (χ4n) is 0.870. The van der Waals surface area contributed by atoms with E-state index in [4.69, 9.17) is 0 Å². The van der Waals surface area contributed by atoms with Gasteiger partial charge < -0.3 is 0 Å². The van der Waals surface area contributed by atoms with Crippen LogP contribution >= 0.6 is 11.3 Å². The highest BCUT2D eigenvalue weighted by Gasteiger charge is 2.08. The summed E-state index contributed by atoms with van der Waals surface area (Å²) in [6.07, 6.45) is 1.77. The number of carbonyl (C=O) groups is 1. The molecule has 88 valence electrons. The number of hydrogen-bond acceptors (Lipinski definition) is 6. The first kappa shape index (κ1) is 12.8. The second-order valence-corrected chi connectivity index (χ2v) is 3.40. The van der Waals surface area contributed by atoms with Gasteiger partial charge in [-0.25, -0.2) is 4.84 Å². The Hall–Kier alpha value is -2.28. The van der Waals surface area contributed by atoms with Crippen LogP contribution in [-0.4, -0.2) is 16.0 Å². The van der Waals surface area contributed by atoms with Crippen LogP contribution in [0.1, 0.15) is 10.4 Å². The second kappa shape index (κ2) is 7.07. The lowest BCUT2D eigenvalue weighted by Gasteiger charge is -1.95. The van der Waals surface area contributed by atoms with E-state index in [1.54, 1.807) is 41.2 Å². The first-order chi connectivity index (χ1) is 8.20. The van der Waals surface area contributed by atoms with Gasteiger partial charge in [0, 0.05) is 17.1 Å². The first-order valence-corrected chi connectivity index (χ1v) is 5.38. The summed E-state index contributed by atoms with van der Waals surface area (Å²) in [6.45, 7) is 0. The van der Waals surface area contributed by atoms with Gasteiger partial charge in [-0.15, -0.1) is 21.5 Å². The van der Waals surface area contributed by atoms with Crippen molar-refractivity contribution in [1.82, 2.24) is 4.98 Å². The van der Waals surface area contributed by atoms with Crippen LogP contribution < -0.4 is 0 Å². The van der Waals surface area contributed by atoms with E-state index >= 15 is 0 Å². The van der Waals surface area contributed by atoms with E-state index < -0.39 is 11.1 Å². The van der Waals surface area contributed by atoms with Crippen LogP contribution in [0.2, 0.25) is 0 Å². The SMILES string of the molecule is O=C(O[N+](=O)[O-])c1ccccc1.c1cscn1. The topological polar surface area (TPSA) is 82.3 Å². The van der Waals surface area contributed by atoms with Gasteiger partial charge in [0.25, 0.3) is 0 Å². The molecule has 0 radical (unpaired) electrons. The summed E-state index contributed by atoms with van der Waals surface area (Å²) in [5.74, 6) is -0.958. The van der Waals surface area contributed by atoms with Crippen molar-refractivity contribution in [3.63, 3.8) is 0 Å². The first-order valence-electron chi connectivity index (χ1n) is 4.44. The van der Waals surface area contributed by atoms with E-state index in [2.05, 4.69) is 9.82 Å². The molecule has 0 aliphatic heterocycles. The predicted octanol–water partition coefficient (Wildman–Crippen LogP) is 2.18. The van der Waals surface area contributed by atoms with Crippen LogP contribution in [0.4, 0.5) is 0 Å². The zero-order chi connectivity index (χ0) is 12.5. The monoisotopic (exact) mass is 252 g/mol. The Morgan fingerprint density at radius 2 is 2.06 bits per heavy atom. The quantitative estimate of drug-likeness (QED) is 0.604. The van der Waals surface area contributed by atoms with Gasteiger partial charge in [0.2, 0.25) is 0 Å². The smallest absolute Gasteiger partial charge is 0.263 e. The summed E-state index contributed by atoms with van der Waals surface area (Å²) in [5.41, 5.74) is 1.95. The maximum absolute atomic E-state index is 10.8. The molecule has 0 saturated carbocycles. The molecule has 6 nitrogen and oxygen atoms in total. The molecule has 0 saturated heterocycles. The molecule has 0 fully saturated rings. The van der Waals surface area contributed by atoms with Gasteiger partial charge in [0.15, 0.2) is 0 Å². The van der Waals surface area contributed by atoms with E-state index in [1.807, 2.05) is 5.38 Å². The Labute approximate surface area is 101 Å². The highest BCUT2D eigenvalue weighted by atomic mass is 32.1. The van der Waals surface area contributed by atoms with Gasteiger partial charge in [-0.2, -0.15) is 0 Å². The molecular weight excluding hydrogens is 244 g/mol. The van der Waals surface area contributed by atoms with E-state index in [-0.39, 0.29) is 5.56 Å². The van der Waals surface area contributed by atoms with Crippen LogP contribution in [0.3, 0.4) is 0 Å². The van der Waals surface area contributed by atoms with Crippen LogP contribution in [0.5, 0.6) is 0 Å². The fraction of sp³-hybridized carbons (Fsp3) is 0. The Balaban J connectivity index is 0.000000239. The summed E-state index contributed by atoms with van der Waals surface area (Å²) < 4.78 is 0. The lowest BCUT2D eigenvalue weighted by molar-refractivity contribution is -0.727. The average molecular weight is 252 g/mol. The number of benzene rings is 1. The van der Waals surface area contributed by atoms with E-state index in [9.17, 15) is 14.9 Å². The lowest BCUT2D eigenvalue weighted by Crippen LogP contribution is -2.09. The minimum Gasteiger partial charge on any atom is -0.263 e. The van der Waals surface area contributed by atoms with E-state index in [0.717, 1.165) is 0 Å². The molecule has 0 unspecified atom stereocenters. The van der Waals surface area contributed by atoms with Crippen LogP contribution in [0.25, 0.3) is 0 Å². The summed E-state index contributed by atoms with van der Waals surface area (Å²) in [5, 5.41) is 10.5. The normalized spacial score (nSPS) is 8.71. The largest absolute Gasteiger partial charge is 0.334 e. The van der Waals surface area contributed by atoms with Gasteiger partial charge in [0.1, 0.15) is 0 Å². The highest BCUT2D eigenvalue weighted by molar-refractivity contribution is 7.07. The van der Waals surface area contributed by atoms with Gasteiger partial charge in [-0.1, -0.05) is 18.2 Å². The Bertz CT molecular complexity index is 441. The molecule has 17 heavy (non-hydrogen) atoms. The summed E-state index contributed by atoms with van der Waals surface area (Å²) in [6, 6.07) is 7.76. The van der Waals surface area contributed by atoms with Crippen molar-refractivity contribution < 1.29 is 14.7 Å². The number of nitrogens with zero attached hydrogens (tertiary/aromatic N) is 2. The molecule has 1 heterocycles. The molecule has 7 heteroatoms. The van der Waals surface area contributed by atoms with Gasteiger partial charge >= 0.3 is 11.1 Å². The summed E-state index contributed by atoms with van der Waals surface area (Å²) >= 11 is 1.60. The maximum atomic E-state index is 10.8. The molecule has 0 atom stereocenters. The zero-order valence-electron chi connectivity index (χ0n) is 8.55. The van der Waals surface area contributed by atoms with Gasteiger partial charge in [-0.3, -0.25) is 9.78 Å². The molecule has 0 aliphatic carbocycles. The molecule has 0 spiro atoms. The number of carbonyl (C=O) groups excluding carboxylic acids is 1. The molecule has 0 bridgehead atoms. The molecule has 2 rings (SSSR count). The number of thiazole rings is 1. The second-order valence-electron chi connectivity index (χ2n) is 2.64. The zero-order valence-corrected chi connectivity index (χ0v) is 9.37. The van der Waals surface area contributed by atoms with Crippen molar-refractivity contribution >= 4 is 17.3 Å². The molecule has 0 amide bonds.